The number of ether oxygens (including phenoxy) is 1. The molecule has 1 atom stereocenters. The van der Waals surface area contributed by atoms with Gasteiger partial charge >= 0.3 is 0 Å². The molecule has 1 heterocycles. The Labute approximate surface area is 90.3 Å². The zero-order valence-electron chi connectivity index (χ0n) is 9.19. The Kier molecular flexibility index (Phi) is 2.76. The fourth-order valence-electron chi connectivity index (χ4n) is 1.90. The normalized spacial score (nSPS) is 19.5. The van der Waals surface area contributed by atoms with Gasteiger partial charge in [-0.05, 0) is 24.5 Å². The highest BCUT2D eigenvalue weighted by atomic mass is 16.5. The van der Waals surface area contributed by atoms with E-state index in [-0.39, 0.29) is 17.8 Å². The second kappa shape index (κ2) is 4.05. The number of aryl methyl sites for hydroxylation is 1. The summed E-state index contributed by atoms with van der Waals surface area (Å²) in [4.78, 5) is 11.8. The number of para-hydroxylation sites is 1. The summed E-state index contributed by atoms with van der Waals surface area (Å²) in [7, 11) is 0. The second-order valence-corrected chi connectivity index (χ2v) is 4.31. The summed E-state index contributed by atoms with van der Waals surface area (Å²) in [5.74, 6) is 1.15. The van der Waals surface area contributed by atoms with Gasteiger partial charge in [-0.1, -0.05) is 32.0 Å². The third kappa shape index (κ3) is 2.04. The lowest BCUT2D eigenvalue weighted by atomic mass is 9.95. The van der Waals surface area contributed by atoms with Crippen LogP contribution in [0.4, 0.5) is 0 Å². The van der Waals surface area contributed by atoms with E-state index >= 15 is 0 Å². The monoisotopic (exact) mass is 204 g/mol. The van der Waals surface area contributed by atoms with Crippen molar-refractivity contribution < 1.29 is 9.53 Å². The number of hydrogen-bond acceptors (Lipinski definition) is 2. The molecule has 80 valence electrons. The molecule has 0 saturated heterocycles. The molecule has 0 fully saturated rings. The van der Waals surface area contributed by atoms with Crippen LogP contribution in [-0.2, 0) is 11.2 Å². The maximum atomic E-state index is 11.8. The maximum absolute atomic E-state index is 11.8. The standard InChI is InChI=1S/C13H16O2/c1-9(2)13(14)12-8-7-10-5-3-4-6-11(10)15-12/h3-6,9,12H,7-8H2,1-2H3. The predicted octanol–water partition coefficient (Wildman–Crippen LogP) is 2.61. The van der Waals surface area contributed by atoms with Crippen LogP contribution in [0.3, 0.4) is 0 Å². The second-order valence-electron chi connectivity index (χ2n) is 4.31. The summed E-state index contributed by atoms with van der Waals surface area (Å²) in [6.45, 7) is 3.85. The third-order valence-corrected chi connectivity index (χ3v) is 2.80. The first-order valence-electron chi connectivity index (χ1n) is 5.47. The van der Waals surface area contributed by atoms with Gasteiger partial charge in [0.15, 0.2) is 11.9 Å². The van der Waals surface area contributed by atoms with Gasteiger partial charge in [-0.25, -0.2) is 0 Å². The number of ketones is 1. The average Bonchev–Trinajstić information content (AvgIpc) is 2.27. The van der Waals surface area contributed by atoms with Crippen LogP contribution in [0.15, 0.2) is 24.3 Å². The van der Waals surface area contributed by atoms with E-state index in [1.165, 1.54) is 5.56 Å². The number of Topliss-reactive ketones (excluding diaryl/α,β-unsaturated/α-hetero) is 1. The van der Waals surface area contributed by atoms with Crippen molar-refractivity contribution in [2.75, 3.05) is 0 Å². The van der Waals surface area contributed by atoms with Crippen LogP contribution in [0.25, 0.3) is 0 Å². The summed E-state index contributed by atoms with van der Waals surface area (Å²) < 4.78 is 5.71. The van der Waals surface area contributed by atoms with E-state index < -0.39 is 0 Å². The molecule has 2 heteroatoms. The van der Waals surface area contributed by atoms with Gasteiger partial charge in [0.2, 0.25) is 0 Å². The van der Waals surface area contributed by atoms with E-state index in [0.717, 1.165) is 18.6 Å². The Hall–Kier alpha value is -1.31. The lowest BCUT2D eigenvalue weighted by molar-refractivity contribution is -0.129. The summed E-state index contributed by atoms with van der Waals surface area (Å²) in [5, 5.41) is 0. The number of rotatable bonds is 2. The molecule has 2 rings (SSSR count). The van der Waals surface area contributed by atoms with Crippen molar-refractivity contribution in [2.24, 2.45) is 5.92 Å². The highest BCUT2D eigenvalue weighted by Gasteiger charge is 2.27. The zero-order valence-corrected chi connectivity index (χ0v) is 9.19. The van der Waals surface area contributed by atoms with Crippen molar-refractivity contribution in [3.63, 3.8) is 0 Å². The molecular weight excluding hydrogens is 188 g/mol. The molecule has 0 N–H and O–H groups in total. The van der Waals surface area contributed by atoms with Gasteiger partial charge < -0.3 is 4.74 Å². The van der Waals surface area contributed by atoms with Gasteiger partial charge in [0.25, 0.3) is 0 Å². The van der Waals surface area contributed by atoms with Crippen LogP contribution >= 0.6 is 0 Å². The molecule has 0 radical (unpaired) electrons. The Bertz CT molecular complexity index is 369. The van der Waals surface area contributed by atoms with Gasteiger partial charge in [0.1, 0.15) is 5.75 Å². The van der Waals surface area contributed by atoms with Crippen LogP contribution in [-0.4, -0.2) is 11.9 Å². The minimum Gasteiger partial charge on any atom is -0.482 e. The molecule has 1 aliphatic heterocycles. The van der Waals surface area contributed by atoms with Crippen molar-refractivity contribution >= 4 is 5.78 Å². The van der Waals surface area contributed by atoms with Crippen molar-refractivity contribution in [3.05, 3.63) is 29.8 Å². The minimum absolute atomic E-state index is 0.0558. The highest BCUT2D eigenvalue weighted by Crippen LogP contribution is 2.28. The molecule has 0 saturated carbocycles. The van der Waals surface area contributed by atoms with E-state index in [1.807, 2.05) is 32.0 Å². The van der Waals surface area contributed by atoms with Crippen molar-refractivity contribution in [1.82, 2.24) is 0 Å². The molecule has 0 aromatic heterocycles. The molecule has 1 aromatic carbocycles. The topological polar surface area (TPSA) is 26.3 Å². The fraction of sp³-hybridized carbons (Fsp3) is 0.462. The lowest BCUT2D eigenvalue weighted by Gasteiger charge is -2.26. The summed E-state index contributed by atoms with van der Waals surface area (Å²) in [6.07, 6.45) is 1.52. The smallest absolute Gasteiger partial charge is 0.175 e. The van der Waals surface area contributed by atoms with E-state index in [2.05, 4.69) is 6.07 Å². The van der Waals surface area contributed by atoms with E-state index in [0.29, 0.717) is 0 Å². The largest absolute Gasteiger partial charge is 0.482 e. The van der Waals surface area contributed by atoms with Crippen LogP contribution in [0.2, 0.25) is 0 Å². The van der Waals surface area contributed by atoms with Crippen LogP contribution in [0, 0.1) is 5.92 Å². The summed E-state index contributed by atoms with van der Waals surface area (Å²) >= 11 is 0. The van der Waals surface area contributed by atoms with Crippen molar-refractivity contribution in [1.29, 1.82) is 0 Å². The Morgan fingerprint density at radius 3 is 2.87 bits per heavy atom. The Morgan fingerprint density at radius 1 is 1.40 bits per heavy atom. The van der Waals surface area contributed by atoms with E-state index in [9.17, 15) is 4.79 Å². The predicted molar refractivity (Wildman–Crippen MR) is 59.0 cm³/mol. The minimum atomic E-state index is -0.236. The summed E-state index contributed by atoms with van der Waals surface area (Å²) in [5.41, 5.74) is 1.21. The Morgan fingerprint density at radius 2 is 2.13 bits per heavy atom. The Balaban J connectivity index is 2.15. The molecular formula is C13H16O2. The molecule has 0 spiro atoms. The molecule has 2 nitrogen and oxygen atoms in total. The van der Waals surface area contributed by atoms with Crippen molar-refractivity contribution in [2.45, 2.75) is 32.8 Å². The van der Waals surface area contributed by atoms with Gasteiger partial charge in [-0.3, -0.25) is 4.79 Å². The molecule has 0 aliphatic carbocycles. The fourth-order valence-corrected chi connectivity index (χ4v) is 1.90. The van der Waals surface area contributed by atoms with E-state index in [1.54, 1.807) is 0 Å². The average molecular weight is 204 g/mol. The molecule has 0 bridgehead atoms. The highest BCUT2D eigenvalue weighted by molar-refractivity contribution is 5.85. The lowest BCUT2D eigenvalue weighted by Crippen LogP contribution is -2.34. The number of carbonyl (C=O) groups is 1. The van der Waals surface area contributed by atoms with Gasteiger partial charge in [-0.2, -0.15) is 0 Å². The third-order valence-electron chi connectivity index (χ3n) is 2.80. The molecule has 1 unspecified atom stereocenters. The number of hydrogen-bond donors (Lipinski definition) is 0. The first-order valence-corrected chi connectivity index (χ1v) is 5.47. The van der Waals surface area contributed by atoms with E-state index in [4.69, 9.17) is 4.74 Å². The van der Waals surface area contributed by atoms with Crippen LogP contribution in [0.1, 0.15) is 25.8 Å². The molecule has 15 heavy (non-hydrogen) atoms. The summed E-state index contributed by atoms with van der Waals surface area (Å²) in [6, 6.07) is 7.95. The van der Waals surface area contributed by atoms with Crippen LogP contribution < -0.4 is 4.74 Å². The van der Waals surface area contributed by atoms with Gasteiger partial charge in [-0.15, -0.1) is 0 Å². The van der Waals surface area contributed by atoms with Crippen molar-refractivity contribution in [3.8, 4) is 5.75 Å². The van der Waals surface area contributed by atoms with Gasteiger partial charge in [0.05, 0.1) is 0 Å². The molecule has 0 amide bonds. The SMILES string of the molecule is CC(C)C(=O)C1CCc2ccccc2O1. The van der Waals surface area contributed by atoms with Gasteiger partial charge in [0, 0.05) is 5.92 Å². The van der Waals surface area contributed by atoms with Crippen LogP contribution in [0.5, 0.6) is 5.75 Å². The number of fused-ring (bicyclic) bond motifs is 1. The zero-order chi connectivity index (χ0) is 10.8. The number of benzene rings is 1. The molecule has 1 aliphatic rings. The maximum Gasteiger partial charge on any atom is 0.175 e. The number of carbonyl (C=O) groups excluding carboxylic acids is 1. The molecule has 1 aromatic rings. The first-order chi connectivity index (χ1) is 7.18. The first kappa shape index (κ1) is 10.2. The quantitative estimate of drug-likeness (QED) is 0.740.